The van der Waals surface area contributed by atoms with Crippen LogP contribution >= 0.6 is 0 Å². The fourth-order valence-corrected chi connectivity index (χ4v) is 3.77. The number of piperazine rings is 1. The number of hydrogen-bond acceptors (Lipinski definition) is 6. The molecule has 1 aliphatic heterocycles. The van der Waals surface area contributed by atoms with Gasteiger partial charge in [-0.15, -0.1) is 0 Å². The van der Waals surface area contributed by atoms with Gasteiger partial charge in [0.1, 0.15) is 5.82 Å². The van der Waals surface area contributed by atoms with Crippen LogP contribution in [0.5, 0.6) is 0 Å². The molecule has 0 saturated carbocycles. The Bertz CT molecular complexity index is 937. The number of aromatic nitrogens is 2. The third-order valence-electron chi connectivity index (χ3n) is 4.49. The quantitative estimate of drug-likeness (QED) is 0.820. The minimum absolute atomic E-state index is 0.125. The van der Waals surface area contributed by atoms with Gasteiger partial charge in [-0.25, -0.2) is 13.4 Å². The number of amides is 1. The van der Waals surface area contributed by atoms with E-state index in [9.17, 15) is 13.2 Å². The Morgan fingerprint density at radius 3 is 2.52 bits per heavy atom. The van der Waals surface area contributed by atoms with Crippen molar-refractivity contribution in [2.24, 2.45) is 5.92 Å². The highest BCUT2D eigenvalue weighted by Crippen LogP contribution is 2.19. The van der Waals surface area contributed by atoms with Gasteiger partial charge in [-0.3, -0.25) is 9.78 Å². The maximum atomic E-state index is 12.3. The van der Waals surface area contributed by atoms with Gasteiger partial charge in [-0.2, -0.15) is 4.31 Å². The molecule has 0 unspecified atom stereocenters. The zero-order valence-electron chi connectivity index (χ0n) is 15.8. The van der Waals surface area contributed by atoms with Crippen molar-refractivity contribution >= 4 is 32.8 Å². The highest BCUT2D eigenvalue weighted by atomic mass is 32.2. The normalized spacial score (nSPS) is 16.1. The number of anilines is 1. The Labute approximate surface area is 159 Å². The number of rotatable bonds is 5. The second kappa shape index (κ2) is 7.77. The van der Waals surface area contributed by atoms with Gasteiger partial charge in [0, 0.05) is 38.3 Å². The summed E-state index contributed by atoms with van der Waals surface area (Å²) in [6.07, 6.45) is 2.92. The molecule has 9 heteroatoms. The standard InChI is InChI=1S/C18H25N5O3S/c1-13(2)11-20-18(24)14-4-5-15-16(10-14)21-17(12-19-15)22-6-8-23(9-7-22)27(3,25)26/h4-5,10,12-13H,6-9,11H2,1-3H3,(H,20,24). The summed E-state index contributed by atoms with van der Waals surface area (Å²) in [7, 11) is -3.17. The summed E-state index contributed by atoms with van der Waals surface area (Å²) >= 11 is 0. The lowest BCUT2D eigenvalue weighted by atomic mass is 10.1. The zero-order valence-corrected chi connectivity index (χ0v) is 16.7. The molecule has 1 saturated heterocycles. The fourth-order valence-electron chi connectivity index (χ4n) is 2.94. The Morgan fingerprint density at radius 2 is 1.89 bits per heavy atom. The van der Waals surface area contributed by atoms with E-state index in [-0.39, 0.29) is 5.91 Å². The second-order valence-electron chi connectivity index (χ2n) is 7.18. The fraction of sp³-hybridized carbons (Fsp3) is 0.500. The topological polar surface area (TPSA) is 95.5 Å². The molecule has 1 aromatic heterocycles. The molecule has 1 N–H and O–H groups in total. The smallest absolute Gasteiger partial charge is 0.251 e. The number of carbonyl (C=O) groups excluding carboxylic acids is 1. The SMILES string of the molecule is CC(C)CNC(=O)c1ccc2ncc(N3CCN(S(C)(=O)=O)CC3)nc2c1. The van der Waals surface area contributed by atoms with Crippen LogP contribution in [0.2, 0.25) is 0 Å². The predicted molar refractivity (Wildman–Crippen MR) is 105 cm³/mol. The highest BCUT2D eigenvalue weighted by molar-refractivity contribution is 7.88. The minimum atomic E-state index is -3.17. The highest BCUT2D eigenvalue weighted by Gasteiger charge is 2.24. The maximum Gasteiger partial charge on any atom is 0.251 e. The van der Waals surface area contributed by atoms with Crippen LogP contribution in [0.3, 0.4) is 0 Å². The number of nitrogens with zero attached hydrogens (tertiary/aromatic N) is 4. The Hall–Kier alpha value is -2.26. The molecule has 27 heavy (non-hydrogen) atoms. The lowest BCUT2D eigenvalue weighted by Crippen LogP contribution is -2.48. The van der Waals surface area contributed by atoms with Crippen LogP contribution in [0.1, 0.15) is 24.2 Å². The van der Waals surface area contributed by atoms with E-state index in [4.69, 9.17) is 0 Å². The van der Waals surface area contributed by atoms with Gasteiger partial charge in [0.2, 0.25) is 10.0 Å². The third kappa shape index (κ3) is 4.72. The van der Waals surface area contributed by atoms with E-state index >= 15 is 0 Å². The van der Waals surface area contributed by atoms with Gasteiger partial charge < -0.3 is 10.2 Å². The Morgan fingerprint density at radius 1 is 1.19 bits per heavy atom. The lowest BCUT2D eigenvalue weighted by molar-refractivity contribution is 0.0949. The number of benzene rings is 1. The first-order valence-electron chi connectivity index (χ1n) is 8.99. The third-order valence-corrected chi connectivity index (χ3v) is 5.80. The van der Waals surface area contributed by atoms with Crippen molar-refractivity contribution in [2.75, 3.05) is 43.9 Å². The van der Waals surface area contributed by atoms with Crippen molar-refractivity contribution in [2.45, 2.75) is 13.8 Å². The zero-order chi connectivity index (χ0) is 19.6. The molecule has 1 aliphatic rings. The molecule has 2 heterocycles. The lowest BCUT2D eigenvalue weighted by Gasteiger charge is -2.33. The van der Waals surface area contributed by atoms with Crippen molar-refractivity contribution < 1.29 is 13.2 Å². The number of sulfonamides is 1. The molecule has 0 aliphatic carbocycles. The van der Waals surface area contributed by atoms with Gasteiger partial charge in [0.25, 0.3) is 5.91 Å². The Kier molecular flexibility index (Phi) is 5.61. The van der Waals surface area contributed by atoms with Gasteiger partial charge in [0.05, 0.1) is 23.5 Å². The molecular formula is C18H25N5O3S. The van der Waals surface area contributed by atoms with Gasteiger partial charge in [0.15, 0.2) is 0 Å². The van der Waals surface area contributed by atoms with Crippen LogP contribution < -0.4 is 10.2 Å². The molecule has 1 fully saturated rings. The van der Waals surface area contributed by atoms with Gasteiger partial charge >= 0.3 is 0 Å². The van der Waals surface area contributed by atoms with E-state index in [1.165, 1.54) is 10.6 Å². The molecular weight excluding hydrogens is 366 g/mol. The minimum Gasteiger partial charge on any atom is -0.353 e. The monoisotopic (exact) mass is 391 g/mol. The molecule has 8 nitrogen and oxygen atoms in total. The number of carbonyl (C=O) groups is 1. The molecule has 2 aromatic rings. The number of hydrogen-bond donors (Lipinski definition) is 1. The summed E-state index contributed by atoms with van der Waals surface area (Å²) in [5, 5.41) is 2.90. The van der Waals surface area contributed by atoms with Crippen LogP contribution in [0.25, 0.3) is 11.0 Å². The van der Waals surface area contributed by atoms with Crippen molar-refractivity contribution in [3.63, 3.8) is 0 Å². The predicted octanol–water partition coefficient (Wildman–Crippen LogP) is 1.10. The molecule has 146 valence electrons. The molecule has 1 amide bonds. The molecule has 1 aromatic carbocycles. The van der Waals surface area contributed by atoms with E-state index in [1.807, 2.05) is 18.7 Å². The van der Waals surface area contributed by atoms with E-state index in [0.717, 1.165) is 0 Å². The largest absolute Gasteiger partial charge is 0.353 e. The van der Waals surface area contributed by atoms with Crippen LogP contribution in [0, 0.1) is 5.92 Å². The number of nitrogens with one attached hydrogen (secondary N) is 1. The van der Waals surface area contributed by atoms with Crippen LogP contribution in [-0.4, -0.2) is 67.6 Å². The summed E-state index contributed by atoms with van der Waals surface area (Å²) < 4.78 is 24.8. The Balaban J connectivity index is 1.77. The van der Waals surface area contributed by atoms with Crippen molar-refractivity contribution in [3.05, 3.63) is 30.0 Å². The summed E-state index contributed by atoms with van der Waals surface area (Å²) in [5.74, 6) is 0.946. The maximum absolute atomic E-state index is 12.3. The molecule has 0 atom stereocenters. The summed E-state index contributed by atoms with van der Waals surface area (Å²) in [6.45, 7) is 6.67. The van der Waals surface area contributed by atoms with E-state index in [2.05, 4.69) is 15.3 Å². The van der Waals surface area contributed by atoms with Crippen LogP contribution in [0.4, 0.5) is 5.82 Å². The first kappa shape index (κ1) is 19.5. The number of fused-ring (bicyclic) bond motifs is 1. The molecule has 0 bridgehead atoms. The average molecular weight is 391 g/mol. The summed E-state index contributed by atoms with van der Waals surface area (Å²) in [5.41, 5.74) is 1.92. The van der Waals surface area contributed by atoms with Crippen molar-refractivity contribution in [3.8, 4) is 0 Å². The van der Waals surface area contributed by atoms with E-state index in [0.29, 0.717) is 61.1 Å². The molecule has 0 spiro atoms. The van der Waals surface area contributed by atoms with Crippen LogP contribution in [-0.2, 0) is 10.0 Å². The second-order valence-corrected chi connectivity index (χ2v) is 9.17. The first-order valence-corrected chi connectivity index (χ1v) is 10.8. The summed E-state index contributed by atoms with van der Waals surface area (Å²) in [6, 6.07) is 5.28. The van der Waals surface area contributed by atoms with E-state index < -0.39 is 10.0 Å². The molecule has 3 rings (SSSR count). The molecule has 0 radical (unpaired) electrons. The van der Waals surface area contributed by atoms with Crippen molar-refractivity contribution in [1.29, 1.82) is 0 Å². The van der Waals surface area contributed by atoms with Crippen LogP contribution in [0.15, 0.2) is 24.4 Å². The summed E-state index contributed by atoms with van der Waals surface area (Å²) in [4.78, 5) is 23.4. The van der Waals surface area contributed by atoms with Gasteiger partial charge in [-0.1, -0.05) is 13.8 Å². The van der Waals surface area contributed by atoms with Crippen molar-refractivity contribution in [1.82, 2.24) is 19.6 Å². The average Bonchev–Trinajstić information content (AvgIpc) is 2.64. The first-order chi connectivity index (χ1) is 12.7. The van der Waals surface area contributed by atoms with Gasteiger partial charge in [-0.05, 0) is 24.1 Å². The van der Waals surface area contributed by atoms with E-state index in [1.54, 1.807) is 24.4 Å².